The van der Waals surface area contributed by atoms with Crippen molar-refractivity contribution in [1.82, 2.24) is 0 Å². The largest absolute Gasteiger partial charge is 0.491 e. The van der Waals surface area contributed by atoms with Crippen LogP contribution in [0.2, 0.25) is 0 Å². The van der Waals surface area contributed by atoms with E-state index in [1.165, 1.54) is 0 Å². The van der Waals surface area contributed by atoms with E-state index in [0.29, 0.717) is 5.76 Å². The summed E-state index contributed by atoms with van der Waals surface area (Å²) in [6, 6.07) is 0. The third-order valence-corrected chi connectivity index (χ3v) is 2.10. The molecule has 3 nitrogen and oxygen atoms in total. The number of hydrogen-bond acceptors (Lipinski definition) is 3. The van der Waals surface area contributed by atoms with Crippen molar-refractivity contribution in [3.8, 4) is 0 Å². The van der Waals surface area contributed by atoms with Crippen LogP contribution < -0.4 is 5.84 Å². The fourth-order valence-corrected chi connectivity index (χ4v) is 0.950. The highest BCUT2D eigenvalue weighted by Crippen LogP contribution is 2.16. The SMILES string of the molecule is C=C(OC(C)C)/C(C)=C(C)\C(C)=N/N. The number of ether oxygens (including phenoxy) is 1. The summed E-state index contributed by atoms with van der Waals surface area (Å²) < 4.78 is 5.48. The number of nitrogens with two attached hydrogens (primary N) is 1. The smallest absolute Gasteiger partial charge is 0.115 e. The fraction of sp³-hybridized carbons (Fsp3) is 0.545. The van der Waals surface area contributed by atoms with Crippen molar-refractivity contribution < 1.29 is 4.74 Å². The van der Waals surface area contributed by atoms with E-state index in [2.05, 4.69) is 11.7 Å². The van der Waals surface area contributed by atoms with Crippen LogP contribution in [-0.2, 0) is 4.74 Å². The molecule has 0 rings (SSSR count). The third-order valence-electron chi connectivity index (χ3n) is 2.10. The zero-order chi connectivity index (χ0) is 11.3. The van der Waals surface area contributed by atoms with Crippen molar-refractivity contribution in [2.75, 3.05) is 0 Å². The minimum atomic E-state index is 0.139. The van der Waals surface area contributed by atoms with E-state index >= 15 is 0 Å². The van der Waals surface area contributed by atoms with E-state index in [0.717, 1.165) is 16.9 Å². The van der Waals surface area contributed by atoms with Gasteiger partial charge in [-0.05, 0) is 45.8 Å². The van der Waals surface area contributed by atoms with E-state index in [4.69, 9.17) is 10.6 Å². The molecule has 0 aromatic rings. The molecule has 14 heavy (non-hydrogen) atoms. The Hall–Kier alpha value is -1.25. The summed E-state index contributed by atoms with van der Waals surface area (Å²) >= 11 is 0. The lowest BCUT2D eigenvalue weighted by molar-refractivity contribution is 0.155. The molecule has 0 aromatic carbocycles. The summed E-state index contributed by atoms with van der Waals surface area (Å²) in [4.78, 5) is 0. The average Bonchev–Trinajstić information content (AvgIpc) is 2.13. The Morgan fingerprint density at radius 2 is 1.71 bits per heavy atom. The zero-order valence-electron chi connectivity index (χ0n) is 9.72. The summed E-state index contributed by atoms with van der Waals surface area (Å²) in [6.07, 6.45) is 0.139. The first-order valence-electron chi connectivity index (χ1n) is 4.68. The lowest BCUT2D eigenvalue weighted by atomic mass is 10.1. The molecule has 0 saturated carbocycles. The molecule has 0 radical (unpaired) electrons. The van der Waals surface area contributed by atoms with E-state index in [-0.39, 0.29) is 6.10 Å². The third kappa shape index (κ3) is 3.64. The Morgan fingerprint density at radius 3 is 2.07 bits per heavy atom. The van der Waals surface area contributed by atoms with Crippen LogP contribution in [0.25, 0.3) is 0 Å². The van der Waals surface area contributed by atoms with Gasteiger partial charge in [-0.1, -0.05) is 6.58 Å². The van der Waals surface area contributed by atoms with Crippen molar-refractivity contribution in [3.63, 3.8) is 0 Å². The van der Waals surface area contributed by atoms with Crippen LogP contribution in [0.5, 0.6) is 0 Å². The number of rotatable bonds is 4. The van der Waals surface area contributed by atoms with Crippen LogP contribution in [0.4, 0.5) is 0 Å². The van der Waals surface area contributed by atoms with Crippen molar-refractivity contribution in [2.45, 2.75) is 40.7 Å². The van der Waals surface area contributed by atoms with Crippen LogP contribution in [0.1, 0.15) is 34.6 Å². The van der Waals surface area contributed by atoms with Gasteiger partial charge in [-0.25, -0.2) is 0 Å². The molecule has 0 unspecified atom stereocenters. The monoisotopic (exact) mass is 196 g/mol. The van der Waals surface area contributed by atoms with Gasteiger partial charge in [0.2, 0.25) is 0 Å². The maximum absolute atomic E-state index is 5.48. The summed E-state index contributed by atoms with van der Waals surface area (Å²) in [5.74, 6) is 5.88. The quantitative estimate of drug-likeness (QED) is 0.247. The van der Waals surface area contributed by atoms with Gasteiger partial charge in [-0.2, -0.15) is 5.10 Å². The van der Waals surface area contributed by atoms with Crippen molar-refractivity contribution in [3.05, 3.63) is 23.5 Å². The van der Waals surface area contributed by atoms with Gasteiger partial charge in [0, 0.05) is 0 Å². The predicted molar refractivity (Wildman–Crippen MR) is 61.0 cm³/mol. The van der Waals surface area contributed by atoms with E-state index in [1.807, 2.05) is 34.6 Å². The van der Waals surface area contributed by atoms with Gasteiger partial charge in [-0.3, -0.25) is 0 Å². The molecular weight excluding hydrogens is 176 g/mol. The highest BCUT2D eigenvalue weighted by Gasteiger charge is 2.06. The summed E-state index contributed by atoms with van der Waals surface area (Å²) in [7, 11) is 0. The van der Waals surface area contributed by atoms with Gasteiger partial charge in [-0.15, -0.1) is 0 Å². The maximum Gasteiger partial charge on any atom is 0.115 e. The van der Waals surface area contributed by atoms with Gasteiger partial charge in [0.15, 0.2) is 0 Å². The predicted octanol–water partition coefficient (Wildman–Crippen LogP) is 2.60. The Labute approximate surface area is 86.3 Å². The summed E-state index contributed by atoms with van der Waals surface area (Å²) in [5, 5.41) is 3.63. The second kappa shape index (κ2) is 5.47. The molecule has 3 heteroatoms. The molecule has 0 bridgehead atoms. The molecule has 0 amide bonds. The highest BCUT2D eigenvalue weighted by atomic mass is 16.5. The Kier molecular flexibility index (Phi) is 4.99. The highest BCUT2D eigenvalue weighted by molar-refractivity contribution is 5.98. The molecule has 0 spiro atoms. The molecule has 2 N–H and O–H groups in total. The van der Waals surface area contributed by atoms with Crippen LogP contribution in [-0.4, -0.2) is 11.8 Å². The Bertz CT molecular complexity index is 275. The van der Waals surface area contributed by atoms with Crippen molar-refractivity contribution in [2.24, 2.45) is 10.9 Å². The number of allylic oxidation sites excluding steroid dienone is 2. The summed E-state index contributed by atoms with van der Waals surface area (Å²) in [6.45, 7) is 13.6. The van der Waals surface area contributed by atoms with Gasteiger partial charge in [0.1, 0.15) is 5.76 Å². The van der Waals surface area contributed by atoms with E-state index < -0.39 is 0 Å². The zero-order valence-corrected chi connectivity index (χ0v) is 9.72. The Balaban J connectivity index is 4.74. The van der Waals surface area contributed by atoms with Gasteiger partial charge in [0.25, 0.3) is 0 Å². The van der Waals surface area contributed by atoms with Crippen LogP contribution in [0, 0.1) is 0 Å². The molecule has 0 heterocycles. The molecule has 0 fully saturated rings. The molecule has 0 aromatic heterocycles. The lowest BCUT2D eigenvalue weighted by Gasteiger charge is -2.14. The van der Waals surface area contributed by atoms with E-state index in [9.17, 15) is 0 Å². The summed E-state index contributed by atoms with van der Waals surface area (Å²) in [5.41, 5.74) is 2.81. The minimum absolute atomic E-state index is 0.139. The van der Waals surface area contributed by atoms with Crippen molar-refractivity contribution >= 4 is 5.71 Å². The second-order valence-electron chi connectivity index (χ2n) is 3.55. The molecule has 80 valence electrons. The first-order valence-corrected chi connectivity index (χ1v) is 4.68. The van der Waals surface area contributed by atoms with Crippen LogP contribution >= 0.6 is 0 Å². The van der Waals surface area contributed by atoms with Gasteiger partial charge < -0.3 is 10.6 Å². The van der Waals surface area contributed by atoms with Crippen LogP contribution in [0.3, 0.4) is 0 Å². The normalized spacial score (nSPS) is 14.0. The number of nitrogens with zero attached hydrogens (tertiary/aromatic N) is 1. The van der Waals surface area contributed by atoms with Crippen molar-refractivity contribution in [1.29, 1.82) is 0 Å². The maximum atomic E-state index is 5.48. The molecule has 0 saturated heterocycles. The standard InChI is InChI=1S/C11H20N2O/c1-7(2)14-11(6)9(4)8(3)10(5)13-12/h7H,6,12H2,1-5H3/b9-8-,13-10-. The molecule has 0 aliphatic heterocycles. The fourth-order valence-electron chi connectivity index (χ4n) is 0.950. The van der Waals surface area contributed by atoms with E-state index in [1.54, 1.807) is 0 Å². The van der Waals surface area contributed by atoms with Gasteiger partial charge >= 0.3 is 0 Å². The Morgan fingerprint density at radius 1 is 1.21 bits per heavy atom. The molecule has 0 aliphatic carbocycles. The number of hydrazone groups is 1. The lowest BCUT2D eigenvalue weighted by Crippen LogP contribution is -2.06. The van der Waals surface area contributed by atoms with Gasteiger partial charge in [0.05, 0.1) is 11.8 Å². The number of hydrogen-bond donors (Lipinski definition) is 1. The first-order chi connectivity index (χ1) is 6.40. The minimum Gasteiger partial charge on any atom is -0.491 e. The first kappa shape index (κ1) is 12.8. The second-order valence-corrected chi connectivity index (χ2v) is 3.55. The topological polar surface area (TPSA) is 47.6 Å². The van der Waals surface area contributed by atoms with Crippen LogP contribution in [0.15, 0.2) is 28.6 Å². The average molecular weight is 196 g/mol. The molecule has 0 aliphatic rings. The molecular formula is C11H20N2O. The molecule has 0 atom stereocenters.